The number of aromatic amines is 1. The molecule has 0 bridgehead atoms. The zero-order valence-electron chi connectivity index (χ0n) is 12.2. The molecule has 0 atom stereocenters. The first-order chi connectivity index (χ1) is 10.0. The second kappa shape index (κ2) is 5.87. The lowest BCUT2D eigenvalue weighted by atomic mass is 10.3. The number of H-pyrrole nitrogens is 1. The summed E-state index contributed by atoms with van der Waals surface area (Å²) in [4.78, 5) is 2.36. The number of rotatable bonds is 5. The van der Waals surface area contributed by atoms with Crippen LogP contribution in [0.2, 0.25) is 0 Å². The number of halogens is 1. The van der Waals surface area contributed by atoms with Gasteiger partial charge in [-0.3, -0.25) is 5.10 Å². The molecular formula is C13H21ClN4O2S. The van der Waals surface area contributed by atoms with Crippen LogP contribution in [-0.2, 0) is 15.9 Å². The van der Waals surface area contributed by atoms with Gasteiger partial charge in [0.25, 0.3) is 10.0 Å². The van der Waals surface area contributed by atoms with Gasteiger partial charge in [-0.2, -0.15) is 9.40 Å². The fourth-order valence-corrected chi connectivity index (χ4v) is 4.73. The Kier molecular flexibility index (Phi) is 4.27. The summed E-state index contributed by atoms with van der Waals surface area (Å²) in [5, 5.41) is 6.77. The van der Waals surface area contributed by atoms with E-state index in [1.54, 1.807) is 6.92 Å². The second-order valence-corrected chi connectivity index (χ2v) is 8.03. The van der Waals surface area contributed by atoms with E-state index in [4.69, 9.17) is 11.6 Å². The van der Waals surface area contributed by atoms with Crippen LogP contribution in [0.1, 0.15) is 24.1 Å². The second-order valence-electron chi connectivity index (χ2n) is 5.91. The molecule has 1 aromatic rings. The van der Waals surface area contributed by atoms with Crippen LogP contribution in [0.3, 0.4) is 0 Å². The van der Waals surface area contributed by atoms with Crippen molar-refractivity contribution in [3.8, 4) is 0 Å². The van der Waals surface area contributed by atoms with Gasteiger partial charge in [0.2, 0.25) is 0 Å². The van der Waals surface area contributed by atoms with Crippen LogP contribution in [0.15, 0.2) is 5.03 Å². The van der Waals surface area contributed by atoms with E-state index in [0.29, 0.717) is 18.7 Å². The minimum atomic E-state index is -3.54. The number of aryl methyl sites for hydroxylation is 1. The third-order valence-electron chi connectivity index (χ3n) is 4.30. The molecule has 0 aromatic carbocycles. The number of hydrogen-bond donors (Lipinski definition) is 1. The first-order valence-corrected chi connectivity index (χ1v) is 9.32. The van der Waals surface area contributed by atoms with E-state index in [1.807, 2.05) is 0 Å². The Morgan fingerprint density at radius 2 is 1.95 bits per heavy atom. The summed E-state index contributed by atoms with van der Waals surface area (Å²) in [6.45, 7) is 5.57. The van der Waals surface area contributed by atoms with Gasteiger partial charge in [-0.25, -0.2) is 8.42 Å². The average molecular weight is 333 g/mol. The third kappa shape index (κ3) is 3.11. The van der Waals surface area contributed by atoms with Crippen LogP contribution in [0.5, 0.6) is 0 Å². The molecular weight excluding hydrogens is 312 g/mol. The molecule has 1 aliphatic heterocycles. The SMILES string of the molecule is Cc1[nH]nc(S(=O)(=O)N2CCN(CC3CC3)CC2)c1CCl. The Morgan fingerprint density at radius 3 is 2.52 bits per heavy atom. The lowest BCUT2D eigenvalue weighted by Crippen LogP contribution is -2.49. The minimum absolute atomic E-state index is 0.0886. The summed E-state index contributed by atoms with van der Waals surface area (Å²) in [6.07, 6.45) is 2.65. The van der Waals surface area contributed by atoms with Crippen molar-refractivity contribution in [1.82, 2.24) is 19.4 Å². The summed E-state index contributed by atoms with van der Waals surface area (Å²) < 4.78 is 26.9. The zero-order chi connectivity index (χ0) is 15.0. The van der Waals surface area contributed by atoms with Crippen molar-refractivity contribution in [1.29, 1.82) is 0 Å². The van der Waals surface area contributed by atoms with Crippen LogP contribution in [0, 0.1) is 12.8 Å². The molecule has 3 rings (SSSR count). The Bertz CT molecular complexity index is 604. The van der Waals surface area contributed by atoms with E-state index in [2.05, 4.69) is 15.1 Å². The van der Waals surface area contributed by atoms with Crippen molar-refractivity contribution in [2.75, 3.05) is 32.7 Å². The van der Waals surface area contributed by atoms with E-state index in [1.165, 1.54) is 17.1 Å². The standard InChI is InChI=1S/C13H21ClN4O2S/c1-10-12(8-14)13(16-15-10)21(19,20)18-6-4-17(5-7-18)9-11-2-3-11/h11H,2-9H2,1H3,(H,15,16). The summed E-state index contributed by atoms with van der Waals surface area (Å²) in [5.41, 5.74) is 1.30. The van der Waals surface area contributed by atoms with Gasteiger partial charge in [-0.1, -0.05) is 0 Å². The lowest BCUT2D eigenvalue weighted by Gasteiger charge is -2.33. The highest BCUT2D eigenvalue weighted by atomic mass is 35.5. The van der Waals surface area contributed by atoms with Gasteiger partial charge in [0, 0.05) is 44.0 Å². The molecule has 1 saturated carbocycles. The highest BCUT2D eigenvalue weighted by Crippen LogP contribution is 2.30. The Morgan fingerprint density at radius 1 is 1.29 bits per heavy atom. The lowest BCUT2D eigenvalue weighted by molar-refractivity contribution is 0.182. The van der Waals surface area contributed by atoms with Gasteiger partial charge in [-0.15, -0.1) is 11.6 Å². The van der Waals surface area contributed by atoms with E-state index in [0.717, 1.165) is 31.2 Å². The first-order valence-electron chi connectivity index (χ1n) is 7.34. The number of sulfonamides is 1. The molecule has 1 saturated heterocycles. The molecule has 0 radical (unpaired) electrons. The average Bonchev–Trinajstić information content (AvgIpc) is 3.19. The van der Waals surface area contributed by atoms with Gasteiger partial charge in [0.15, 0.2) is 5.03 Å². The molecule has 1 N–H and O–H groups in total. The molecule has 1 aliphatic carbocycles. The summed E-state index contributed by atoms with van der Waals surface area (Å²) >= 11 is 5.86. The van der Waals surface area contributed by atoms with E-state index in [9.17, 15) is 8.42 Å². The van der Waals surface area contributed by atoms with Crippen molar-refractivity contribution < 1.29 is 8.42 Å². The van der Waals surface area contributed by atoms with E-state index >= 15 is 0 Å². The van der Waals surface area contributed by atoms with Gasteiger partial charge in [-0.05, 0) is 25.7 Å². The van der Waals surface area contributed by atoms with Crippen LogP contribution in [0.25, 0.3) is 0 Å². The van der Waals surface area contributed by atoms with Crippen molar-refractivity contribution in [3.05, 3.63) is 11.3 Å². The molecule has 1 aromatic heterocycles. The topological polar surface area (TPSA) is 69.3 Å². The van der Waals surface area contributed by atoms with Gasteiger partial charge >= 0.3 is 0 Å². The summed E-state index contributed by atoms with van der Waals surface area (Å²) in [6, 6.07) is 0. The molecule has 0 amide bonds. The van der Waals surface area contributed by atoms with Gasteiger partial charge in [0.1, 0.15) is 0 Å². The fourth-order valence-electron chi connectivity index (χ4n) is 2.74. The Labute approximate surface area is 130 Å². The Balaban J connectivity index is 1.70. The Hall–Kier alpha value is -0.630. The summed E-state index contributed by atoms with van der Waals surface area (Å²) in [7, 11) is -3.54. The first kappa shape index (κ1) is 15.3. The third-order valence-corrected chi connectivity index (χ3v) is 6.44. The number of piperazine rings is 1. The quantitative estimate of drug-likeness (QED) is 0.822. The zero-order valence-corrected chi connectivity index (χ0v) is 13.8. The van der Waals surface area contributed by atoms with Crippen molar-refractivity contribution in [3.63, 3.8) is 0 Å². The van der Waals surface area contributed by atoms with Gasteiger partial charge in [0.05, 0.1) is 5.88 Å². The van der Waals surface area contributed by atoms with Gasteiger partial charge < -0.3 is 4.90 Å². The van der Waals surface area contributed by atoms with Crippen LogP contribution in [-0.4, -0.2) is 60.5 Å². The molecule has 8 heteroatoms. The minimum Gasteiger partial charge on any atom is -0.300 e. The van der Waals surface area contributed by atoms with E-state index in [-0.39, 0.29) is 10.9 Å². The fraction of sp³-hybridized carbons (Fsp3) is 0.769. The van der Waals surface area contributed by atoms with E-state index < -0.39 is 10.0 Å². The van der Waals surface area contributed by atoms with Crippen LogP contribution < -0.4 is 0 Å². The smallest absolute Gasteiger partial charge is 0.262 e. The highest BCUT2D eigenvalue weighted by Gasteiger charge is 2.34. The molecule has 2 heterocycles. The summed E-state index contributed by atoms with van der Waals surface area (Å²) in [5.74, 6) is 0.989. The van der Waals surface area contributed by atoms with Crippen molar-refractivity contribution in [2.24, 2.45) is 5.92 Å². The number of nitrogens with zero attached hydrogens (tertiary/aromatic N) is 3. The normalized spacial score (nSPS) is 21.8. The number of hydrogen-bond acceptors (Lipinski definition) is 4. The van der Waals surface area contributed by atoms with Crippen molar-refractivity contribution >= 4 is 21.6 Å². The molecule has 2 aliphatic rings. The molecule has 2 fully saturated rings. The molecule has 0 unspecified atom stereocenters. The molecule has 0 spiro atoms. The molecule has 6 nitrogen and oxygen atoms in total. The number of alkyl halides is 1. The van der Waals surface area contributed by atoms with Crippen LogP contribution in [0.4, 0.5) is 0 Å². The number of aromatic nitrogens is 2. The maximum atomic E-state index is 12.7. The predicted molar refractivity (Wildman–Crippen MR) is 80.8 cm³/mol. The van der Waals surface area contributed by atoms with Crippen LogP contribution >= 0.6 is 11.6 Å². The van der Waals surface area contributed by atoms with Crippen molar-refractivity contribution in [2.45, 2.75) is 30.7 Å². The number of nitrogens with one attached hydrogen (secondary N) is 1. The maximum absolute atomic E-state index is 12.7. The molecule has 21 heavy (non-hydrogen) atoms. The highest BCUT2D eigenvalue weighted by molar-refractivity contribution is 7.89. The monoisotopic (exact) mass is 332 g/mol. The maximum Gasteiger partial charge on any atom is 0.262 e. The largest absolute Gasteiger partial charge is 0.300 e. The molecule has 118 valence electrons. The predicted octanol–water partition coefficient (Wildman–Crippen LogP) is 1.17.